The summed E-state index contributed by atoms with van der Waals surface area (Å²) in [4.78, 5) is 11.0. The normalized spacial score (nSPS) is 10.0. The van der Waals surface area contributed by atoms with Crippen LogP contribution in [0.5, 0.6) is 0 Å². The first-order chi connectivity index (χ1) is 7.22. The highest BCUT2D eigenvalue weighted by Crippen LogP contribution is 1.95. The Kier molecular flexibility index (Phi) is 9.05. The van der Waals surface area contributed by atoms with Crippen molar-refractivity contribution in [1.82, 2.24) is 0 Å². The van der Waals surface area contributed by atoms with Gasteiger partial charge in [-0.3, -0.25) is 0 Å². The van der Waals surface area contributed by atoms with Crippen molar-refractivity contribution in [2.24, 2.45) is 0 Å². The number of rotatable bonds is 9. The van der Waals surface area contributed by atoms with Crippen LogP contribution in [0, 0.1) is 0 Å². The first-order valence-corrected chi connectivity index (χ1v) is 4.80. The zero-order chi connectivity index (χ0) is 11.5. The second kappa shape index (κ2) is 9.64. The van der Waals surface area contributed by atoms with E-state index in [2.05, 4.69) is 6.58 Å². The molecule has 15 heavy (non-hydrogen) atoms. The lowest BCUT2D eigenvalue weighted by atomic mass is 10.3. The predicted octanol–water partition coefficient (Wildman–Crippen LogP) is 1.09. The van der Waals surface area contributed by atoms with Crippen molar-refractivity contribution in [1.29, 1.82) is 0 Å². The second-order valence-corrected chi connectivity index (χ2v) is 2.61. The van der Waals surface area contributed by atoms with E-state index in [0.29, 0.717) is 13.2 Å². The largest absolute Gasteiger partial charge is 0.463 e. The monoisotopic (exact) mass is 218 g/mol. The maximum Gasteiger partial charge on any atom is 0.335 e. The Morgan fingerprint density at radius 2 is 1.73 bits per heavy atom. The van der Waals surface area contributed by atoms with Gasteiger partial charge in [0, 0.05) is 6.61 Å². The molecule has 0 aromatic carbocycles. The summed E-state index contributed by atoms with van der Waals surface area (Å²) in [6.45, 7) is 8.40. The Morgan fingerprint density at radius 3 is 2.33 bits per heavy atom. The zero-order valence-electron chi connectivity index (χ0n) is 9.28. The van der Waals surface area contributed by atoms with Crippen molar-refractivity contribution < 1.29 is 23.7 Å². The fourth-order valence-electron chi connectivity index (χ4n) is 0.692. The minimum absolute atomic E-state index is 0.0679. The van der Waals surface area contributed by atoms with E-state index in [1.807, 2.05) is 6.92 Å². The summed E-state index contributed by atoms with van der Waals surface area (Å²) in [6.07, 6.45) is 0. The van der Waals surface area contributed by atoms with Crippen LogP contribution in [-0.2, 0) is 23.7 Å². The molecular formula is C10H18O5. The van der Waals surface area contributed by atoms with E-state index in [1.165, 1.54) is 0 Å². The average molecular weight is 218 g/mol. The summed E-state index contributed by atoms with van der Waals surface area (Å²) in [5.74, 6) is -0.442. The lowest BCUT2D eigenvalue weighted by Gasteiger charge is -2.07. The summed E-state index contributed by atoms with van der Waals surface area (Å²) in [5, 5.41) is 0. The molecule has 0 saturated heterocycles. The van der Waals surface area contributed by atoms with E-state index < -0.39 is 5.97 Å². The molecule has 0 aliphatic heterocycles. The molecule has 0 spiro atoms. The second-order valence-electron chi connectivity index (χ2n) is 2.61. The number of hydrogen-bond acceptors (Lipinski definition) is 5. The molecule has 0 N–H and O–H groups in total. The maximum atomic E-state index is 11.0. The minimum atomic E-state index is -0.442. The predicted molar refractivity (Wildman–Crippen MR) is 54.2 cm³/mol. The Bertz CT molecular complexity index is 190. The first-order valence-electron chi connectivity index (χ1n) is 4.80. The summed E-state index contributed by atoms with van der Waals surface area (Å²) in [6, 6.07) is 0. The van der Waals surface area contributed by atoms with Gasteiger partial charge >= 0.3 is 5.97 Å². The van der Waals surface area contributed by atoms with E-state index in [4.69, 9.17) is 18.9 Å². The molecule has 0 atom stereocenters. The van der Waals surface area contributed by atoms with Gasteiger partial charge in [0.1, 0.15) is 13.6 Å². The highest BCUT2D eigenvalue weighted by Gasteiger charge is 2.06. The number of carbonyl (C=O) groups excluding carboxylic acids is 1. The van der Waals surface area contributed by atoms with Crippen LogP contribution in [0.15, 0.2) is 12.2 Å². The van der Waals surface area contributed by atoms with Crippen molar-refractivity contribution in [3.63, 3.8) is 0 Å². The molecule has 0 bridgehead atoms. The molecular weight excluding hydrogens is 200 g/mol. The number of esters is 1. The van der Waals surface area contributed by atoms with Crippen LogP contribution in [0.1, 0.15) is 13.8 Å². The van der Waals surface area contributed by atoms with Gasteiger partial charge in [-0.05, 0) is 13.8 Å². The van der Waals surface area contributed by atoms with Crippen LogP contribution >= 0.6 is 0 Å². The molecule has 0 aliphatic carbocycles. The zero-order valence-corrected chi connectivity index (χ0v) is 9.28. The van der Waals surface area contributed by atoms with E-state index in [0.717, 1.165) is 0 Å². The van der Waals surface area contributed by atoms with E-state index in [1.54, 1.807) is 6.92 Å². The van der Waals surface area contributed by atoms with Gasteiger partial charge in [-0.1, -0.05) is 6.58 Å². The smallest absolute Gasteiger partial charge is 0.335 e. The summed E-state index contributed by atoms with van der Waals surface area (Å²) in [5.41, 5.74) is 0.275. The third kappa shape index (κ3) is 8.11. The average Bonchev–Trinajstić information content (AvgIpc) is 2.23. The Labute approximate surface area is 89.9 Å². The van der Waals surface area contributed by atoms with Crippen molar-refractivity contribution in [2.45, 2.75) is 13.8 Å². The van der Waals surface area contributed by atoms with Crippen LogP contribution in [0.4, 0.5) is 0 Å². The van der Waals surface area contributed by atoms with Crippen molar-refractivity contribution >= 4 is 5.97 Å². The third-order valence-corrected chi connectivity index (χ3v) is 1.38. The molecule has 0 aromatic rings. The first kappa shape index (κ1) is 14.1. The molecule has 0 heterocycles. The van der Waals surface area contributed by atoms with Gasteiger partial charge < -0.3 is 18.9 Å². The number of ether oxygens (including phenoxy) is 4. The summed E-state index contributed by atoms with van der Waals surface area (Å²) in [7, 11) is 0. The molecule has 88 valence electrons. The quantitative estimate of drug-likeness (QED) is 0.251. The Balaban J connectivity index is 3.35. The van der Waals surface area contributed by atoms with Crippen molar-refractivity contribution in [2.75, 3.05) is 33.4 Å². The van der Waals surface area contributed by atoms with Crippen LogP contribution in [0.2, 0.25) is 0 Å². The fourth-order valence-corrected chi connectivity index (χ4v) is 0.692. The lowest BCUT2D eigenvalue weighted by Crippen LogP contribution is -2.13. The molecule has 0 aliphatic rings. The Morgan fingerprint density at radius 1 is 1.07 bits per heavy atom. The SMILES string of the molecule is C=C(COCOCOCC)C(=O)OCC. The van der Waals surface area contributed by atoms with Crippen LogP contribution in [0.3, 0.4) is 0 Å². The summed E-state index contributed by atoms with van der Waals surface area (Å²) < 4.78 is 19.6. The molecule has 0 radical (unpaired) electrons. The lowest BCUT2D eigenvalue weighted by molar-refractivity contribution is -0.142. The van der Waals surface area contributed by atoms with Crippen LogP contribution in [0.25, 0.3) is 0 Å². The molecule has 0 amide bonds. The van der Waals surface area contributed by atoms with E-state index in [-0.39, 0.29) is 25.8 Å². The van der Waals surface area contributed by atoms with E-state index in [9.17, 15) is 4.79 Å². The fraction of sp³-hybridized carbons (Fsp3) is 0.700. The standard InChI is InChI=1S/C10H18O5/c1-4-12-7-14-8-13-6-9(3)10(11)15-5-2/h3-8H2,1-2H3. The molecule has 0 saturated carbocycles. The van der Waals surface area contributed by atoms with E-state index >= 15 is 0 Å². The molecule has 0 aromatic heterocycles. The van der Waals surface area contributed by atoms with Gasteiger partial charge in [0.25, 0.3) is 0 Å². The highest BCUT2D eigenvalue weighted by atomic mass is 16.7. The van der Waals surface area contributed by atoms with Gasteiger partial charge in [-0.25, -0.2) is 4.79 Å². The van der Waals surface area contributed by atoms with Crippen molar-refractivity contribution in [3.05, 3.63) is 12.2 Å². The molecule has 5 heteroatoms. The van der Waals surface area contributed by atoms with Gasteiger partial charge in [0.05, 0.1) is 18.8 Å². The van der Waals surface area contributed by atoms with Gasteiger partial charge in [0.15, 0.2) is 0 Å². The molecule has 0 unspecified atom stereocenters. The topological polar surface area (TPSA) is 54.0 Å². The highest BCUT2D eigenvalue weighted by molar-refractivity contribution is 5.87. The van der Waals surface area contributed by atoms with Crippen LogP contribution in [-0.4, -0.2) is 39.4 Å². The maximum absolute atomic E-state index is 11.0. The Hall–Kier alpha value is -0.910. The van der Waals surface area contributed by atoms with Gasteiger partial charge in [-0.2, -0.15) is 0 Å². The minimum Gasteiger partial charge on any atom is -0.463 e. The molecule has 0 rings (SSSR count). The summed E-state index contributed by atoms with van der Waals surface area (Å²) >= 11 is 0. The van der Waals surface area contributed by atoms with Gasteiger partial charge in [0.2, 0.25) is 0 Å². The number of hydrogen-bond donors (Lipinski definition) is 0. The molecule has 5 nitrogen and oxygen atoms in total. The third-order valence-electron chi connectivity index (χ3n) is 1.38. The van der Waals surface area contributed by atoms with Crippen LogP contribution < -0.4 is 0 Å². The van der Waals surface area contributed by atoms with Gasteiger partial charge in [-0.15, -0.1) is 0 Å². The molecule has 0 fully saturated rings. The number of carbonyl (C=O) groups is 1. The van der Waals surface area contributed by atoms with Crippen molar-refractivity contribution in [3.8, 4) is 0 Å².